The van der Waals surface area contributed by atoms with E-state index in [2.05, 4.69) is 5.32 Å². The molecule has 0 bridgehead atoms. The zero-order chi connectivity index (χ0) is 12.5. The first-order valence-electron chi connectivity index (χ1n) is 5.58. The van der Waals surface area contributed by atoms with Crippen LogP contribution in [-0.4, -0.2) is 31.4 Å². The van der Waals surface area contributed by atoms with Crippen LogP contribution in [0.1, 0.15) is 6.92 Å². The number of rotatable bonds is 7. The topological polar surface area (TPSA) is 64.3 Å². The summed E-state index contributed by atoms with van der Waals surface area (Å²) in [6, 6.07) is 7.71. The van der Waals surface area contributed by atoms with E-state index in [1.54, 1.807) is 0 Å². The van der Waals surface area contributed by atoms with Crippen LogP contribution in [0.5, 0.6) is 5.75 Å². The number of carbonyl (C=O) groups excluding carboxylic acids is 1. The molecule has 0 fully saturated rings. The van der Waals surface area contributed by atoms with Crippen molar-refractivity contribution in [3.8, 4) is 5.75 Å². The van der Waals surface area contributed by atoms with Gasteiger partial charge in [0.2, 0.25) is 5.91 Å². The van der Waals surface area contributed by atoms with E-state index in [9.17, 15) is 4.79 Å². The van der Waals surface area contributed by atoms with E-state index in [1.807, 2.05) is 31.2 Å². The molecule has 0 aliphatic carbocycles. The first-order chi connectivity index (χ1) is 8.26. The number of amides is 1. The lowest BCUT2D eigenvalue weighted by atomic mass is 10.3. The second-order valence-corrected chi connectivity index (χ2v) is 4.38. The lowest BCUT2D eigenvalue weighted by Crippen LogP contribution is -2.30. The Bertz CT molecular complexity index is 346. The number of nitrogens with two attached hydrogens (primary N) is 1. The Balaban J connectivity index is 0.00000289. The summed E-state index contributed by atoms with van der Waals surface area (Å²) in [6.07, 6.45) is 0. The van der Waals surface area contributed by atoms with Crippen LogP contribution in [0, 0.1) is 0 Å². The highest BCUT2D eigenvalue weighted by Crippen LogP contribution is 2.21. The van der Waals surface area contributed by atoms with Gasteiger partial charge in [0.15, 0.2) is 0 Å². The monoisotopic (exact) mass is 290 g/mol. The standard InChI is InChI=1S/C12H18N2O2S.ClH/c1-2-16-10-3-5-11(6-4-10)17-9-12(15)14-8-7-13;/h3-6H,2,7-9,13H2,1H3,(H,14,15);1H. The molecule has 0 radical (unpaired) electrons. The summed E-state index contributed by atoms with van der Waals surface area (Å²) in [5.74, 6) is 1.27. The summed E-state index contributed by atoms with van der Waals surface area (Å²) in [5.41, 5.74) is 5.29. The Morgan fingerprint density at radius 1 is 1.39 bits per heavy atom. The fourth-order valence-corrected chi connectivity index (χ4v) is 1.94. The van der Waals surface area contributed by atoms with E-state index < -0.39 is 0 Å². The molecule has 0 spiro atoms. The fraction of sp³-hybridized carbons (Fsp3) is 0.417. The van der Waals surface area contributed by atoms with Gasteiger partial charge in [-0.1, -0.05) is 0 Å². The molecule has 3 N–H and O–H groups in total. The number of hydrogen-bond acceptors (Lipinski definition) is 4. The predicted octanol–water partition coefficient (Wildman–Crippen LogP) is 1.67. The van der Waals surface area contributed by atoms with Gasteiger partial charge in [0.1, 0.15) is 5.75 Å². The molecule has 0 saturated carbocycles. The molecule has 102 valence electrons. The summed E-state index contributed by atoms with van der Waals surface area (Å²) in [6.45, 7) is 3.61. The molecule has 0 aliphatic rings. The van der Waals surface area contributed by atoms with Crippen molar-refractivity contribution >= 4 is 30.1 Å². The fourth-order valence-electron chi connectivity index (χ4n) is 1.21. The van der Waals surface area contributed by atoms with Crippen LogP contribution in [0.15, 0.2) is 29.2 Å². The normalized spacial score (nSPS) is 9.44. The molecule has 0 aromatic heterocycles. The Hall–Kier alpha value is -0.910. The van der Waals surface area contributed by atoms with Gasteiger partial charge in [0, 0.05) is 18.0 Å². The summed E-state index contributed by atoms with van der Waals surface area (Å²) in [4.78, 5) is 12.4. The number of hydrogen-bond donors (Lipinski definition) is 2. The second-order valence-electron chi connectivity index (χ2n) is 3.33. The number of ether oxygens (including phenoxy) is 1. The minimum absolute atomic E-state index is 0. The minimum Gasteiger partial charge on any atom is -0.494 e. The highest BCUT2D eigenvalue weighted by Gasteiger charge is 2.02. The van der Waals surface area contributed by atoms with Gasteiger partial charge >= 0.3 is 0 Å². The van der Waals surface area contributed by atoms with Crippen molar-refractivity contribution in [2.75, 3.05) is 25.4 Å². The third-order valence-corrected chi connectivity index (χ3v) is 2.98. The quantitative estimate of drug-likeness (QED) is 0.750. The smallest absolute Gasteiger partial charge is 0.230 e. The molecule has 4 nitrogen and oxygen atoms in total. The van der Waals surface area contributed by atoms with Crippen molar-refractivity contribution in [2.24, 2.45) is 5.73 Å². The third-order valence-electron chi connectivity index (χ3n) is 1.97. The maximum absolute atomic E-state index is 11.3. The third kappa shape index (κ3) is 6.74. The van der Waals surface area contributed by atoms with Crippen molar-refractivity contribution in [3.05, 3.63) is 24.3 Å². The Kier molecular flexibility index (Phi) is 9.55. The molecule has 1 rings (SSSR count). The van der Waals surface area contributed by atoms with Crippen molar-refractivity contribution < 1.29 is 9.53 Å². The molecule has 0 saturated heterocycles. The molecule has 0 unspecified atom stereocenters. The van der Waals surface area contributed by atoms with Crippen molar-refractivity contribution in [3.63, 3.8) is 0 Å². The van der Waals surface area contributed by atoms with E-state index in [0.29, 0.717) is 25.4 Å². The van der Waals surface area contributed by atoms with E-state index in [-0.39, 0.29) is 18.3 Å². The van der Waals surface area contributed by atoms with Crippen LogP contribution < -0.4 is 15.8 Å². The van der Waals surface area contributed by atoms with Crippen LogP contribution in [0.4, 0.5) is 0 Å². The van der Waals surface area contributed by atoms with E-state index in [1.165, 1.54) is 11.8 Å². The number of halogens is 1. The van der Waals surface area contributed by atoms with Gasteiger partial charge in [-0.3, -0.25) is 4.79 Å². The molecule has 1 aromatic rings. The number of carbonyl (C=O) groups is 1. The molecule has 18 heavy (non-hydrogen) atoms. The number of nitrogens with one attached hydrogen (secondary N) is 1. The average molecular weight is 291 g/mol. The number of thioether (sulfide) groups is 1. The van der Waals surface area contributed by atoms with Gasteiger partial charge < -0.3 is 15.8 Å². The second kappa shape index (κ2) is 10.1. The molecule has 0 aliphatic heterocycles. The Labute approximate surface area is 118 Å². The maximum atomic E-state index is 11.3. The lowest BCUT2D eigenvalue weighted by Gasteiger charge is -2.05. The first kappa shape index (κ1) is 17.1. The molecule has 0 atom stereocenters. The SMILES string of the molecule is CCOc1ccc(SCC(=O)NCCN)cc1.Cl. The first-order valence-corrected chi connectivity index (χ1v) is 6.57. The van der Waals surface area contributed by atoms with E-state index in [0.717, 1.165) is 10.6 Å². The van der Waals surface area contributed by atoms with Gasteiger partial charge in [-0.2, -0.15) is 0 Å². The van der Waals surface area contributed by atoms with Gasteiger partial charge in [-0.05, 0) is 31.2 Å². The van der Waals surface area contributed by atoms with Crippen molar-refractivity contribution in [1.29, 1.82) is 0 Å². The van der Waals surface area contributed by atoms with Gasteiger partial charge in [0.05, 0.1) is 12.4 Å². The van der Waals surface area contributed by atoms with Crippen molar-refractivity contribution in [2.45, 2.75) is 11.8 Å². The number of benzene rings is 1. The molecule has 1 aromatic carbocycles. The molecule has 0 heterocycles. The van der Waals surface area contributed by atoms with Gasteiger partial charge in [-0.25, -0.2) is 0 Å². The highest BCUT2D eigenvalue weighted by molar-refractivity contribution is 8.00. The van der Waals surface area contributed by atoms with Crippen molar-refractivity contribution in [1.82, 2.24) is 5.32 Å². The Morgan fingerprint density at radius 2 is 2.06 bits per heavy atom. The van der Waals surface area contributed by atoms with Gasteiger partial charge in [-0.15, -0.1) is 24.2 Å². The summed E-state index contributed by atoms with van der Waals surface area (Å²) < 4.78 is 5.34. The van der Waals surface area contributed by atoms with Gasteiger partial charge in [0.25, 0.3) is 0 Å². The lowest BCUT2D eigenvalue weighted by molar-refractivity contribution is -0.118. The highest BCUT2D eigenvalue weighted by atomic mass is 35.5. The van der Waals surface area contributed by atoms with Crippen LogP contribution in [-0.2, 0) is 4.79 Å². The average Bonchev–Trinajstić information content (AvgIpc) is 2.36. The molecule has 1 amide bonds. The maximum Gasteiger partial charge on any atom is 0.230 e. The zero-order valence-corrected chi connectivity index (χ0v) is 12.0. The predicted molar refractivity (Wildman–Crippen MR) is 77.6 cm³/mol. The van der Waals surface area contributed by atoms with Crippen LogP contribution in [0.2, 0.25) is 0 Å². The van der Waals surface area contributed by atoms with Crippen LogP contribution in [0.25, 0.3) is 0 Å². The van der Waals surface area contributed by atoms with E-state index in [4.69, 9.17) is 10.5 Å². The molecular weight excluding hydrogens is 272 g/mol. The summed E-state index contributed by atoms with van der Waals surface area (Å²) in [7, 11) is 0. The zero-order valence-electron chi connectivity index (χ0n) is 10.3. The van der Waals surface area contributed by atoms with E-state index >= 15 is 0 Å². The van der Waals surface area contributed by atoms with Crippen LogP contribution >= 0.6 is 24.2 Å². The largest absolute Gasteiger partial charge is 0.494 e. The summed E-state index contributed by atoms with van der Waals surface area (Å²) in [5, 5.41) is 2.72. The minimum atomic E-state index is 0. The Morgan fingerprint density at radius 3 is 2.61 bits per heavy atom. The van der Waals surface area contributed by atoms with Crippen LogP contribution in [0.3, 0.4) is 0 Å². The molecule has 6 heteroatoms. The summed E-state index contributed by atoms with van der Waals surface area (Å²) >= 11 is 1.50. The molecular formula is C12H19ClN2O2S.